The molecule has 1 aliphatic rings. The SMILES string of the molecule is Cc1coc(CC(=O)O)c1C(=O)NC1(c2ccccc2)CCCC1. The van der Waals surface area contributed by atoms with Crippen molar-refractivity contribution in [3.8, 4) is 0 Å². The van der Waals surface area contributed by atoms with Crippen LogP contribution in [0.5, 0.6) is 0 Å². The summed E-state index contributed by atoms with van der Waals surface area (Å²) in [4.78, 5) is 23.9. The van der Waals surface area contributed by atoms with Crippen LogP contribution in [-0.4, -0.2) is 17.0 Å². The minimum Gasteiger partial charge on any atom is -0.481 e. The van der Waals surface area contributed by atoms with E-state index >= 15 is 0 Å². The Kier molecular flexibility index (Phi) is 4.42. The molecule has 2 aromatic rings. The summed E-state index contributed by atoms with van der Waals surface area (Å²) in [5.41, 5.74) is 1.71. The predicted molar refractivity (Wildman–Crippen MR) is 88.8 cm³/mol. The van der Waals surface area contributed by atoms with E-state index in [-0.39, 0.29) is 23.6 Å². The van der Waals surface area contributed by atoms with Crippen molar-refractivity contribution in [1.29, 1.82) is 0 Å². The molecule has 1 aromatic carbocycles. The topological polar surface area (TPSA) is 79.5 Å². The van der Waals surface area contributed by atoms with Crippen LogP contribution in [0, 0.1) is 6.92 Å². The number of aryl methyl sites for hydroxylation is 1. The Hall–Kier alpha value is -2.56. The van der Waals surface area contributed by atoms with E-state index < -0.39 is 5.97 Å². The summed E-state index contributed by atoms with van der Waals surface area (Å²) in [6, 6.07) is 9.97. The van der Waals surface area contributed by atoms with Crippen LogP contribution in [0.4, 0.5) is 0 Å². The van der Waals surface area contributed by atoms with Crippen LogP contribution < -0.4 is 5.32 Å². The molecule has 3 rings (SSSR count). The molecule has 1 aromatic heterocycles. The van der Waals surface area contributed by atoms with Gasteiger partial charge in [0.05, 0.1) is 17.4 Å². The van der Waals surface area contributed by atoms with Gasteiger partial charge in [0, 0.05) is 5.56 Å². The van der Waals surface area contributed by atoms with Gasteiger partial charge in [-0.1, -0.05) is 43.2 Å². The zero-order valence-electron chi connectivity index (χ0n) is 13.7. The Labute approximate surface area is 140 Å². The van der Waals surface area contributed by atoms with E-state index in [4.69, 9.17) is 9.52 Å². The van der Waals surface area contributed by atoms with Gasteiger partial charge < -0.3 is 14.8 Å². The zero-order chi connectivity index (χ0) is 17.2. The number of carbonyl (C=O) groups is 2. The molecule has 5 heteroatoms. The van der Waals surface area contributed by atoms with E-state index in [1.807, 2.05) is 30.3 Å². The summed E-state index contributed by atoms with van der Waals surface area (Å²) in [5.74, 6) is -1.07. The maximum absolute atomic E-state index is 12.9. The van der Waals surface area contributed by atoms with Crippen molar-refractivity contribution >= 4 is 11.9 Å². The summed E-state index contributed by atoms with van der Waals surface area (Å²) in [6.07, 6.45) is 5.02. The summed E-state index contributed by atoms with van der Waals surface area (Å²) in [5, 5.41) is 12.2. The van der Waals surface area contributed by atoms with Crippen molar-refractivity contribution in [2.75, 3.05) is 0 Å². The minimum atomic E-state index is -1.02. The number of benzene rings is 1. The lowest BCUT2D eigenvalue weighted by Crippen LogP contribution is -2.44. The van der Waals surface area contributed by atoms with Crippen molar-refractivity contribution in [1.82, 2.24) is 5.32 Å². The molecule has 5 nitrogen and oxygen atoms in total. The molecule has 0 saturated heterocycles. The van der Waals surface area contributed by atoms with E-state index in [0.717, 1.165) is 31.2 Å². The summed E-state index contributed by atoms with van der Waals surface area (Å²) < 4.78 is 5.29. The number of hydrogen-bond acceptors (Lipinski definition) is 3. The average molecular weight is 327 g/mol. The average Bonchev–Trinajstić information content (AvgIpc) is 3.16. The standard InChI is InChI=1S/C19H21NO4/c1-13-12-24-15(11-16(21)22)17(13)18(23)20-19(9-5-6-10-19)14-7-3-2-4-8-14/h2-4,7-8,12H,5-6,9-11H2,1H3,(H,20,23)(H,21,22). The summed E-state index contributed by atoms with van der Waals surface area (Å²) in [6.45, 7) is 1.76. The maximum atomic E-state index is 12.9. The van der Waals surface area contributed by atoms with Gasteiger partial charge in [0.2, 0.25) is 0 Å². The number of rotatable bonds is 5. The Morgan fingerprint density at radius 1 is 1.21 bits per heavy atom. The fourth-order valence-corrected chi connectivity index (χ4v) is 3.57. The van der Waals surface area contributed by atoms with Crippen molar-refractivity contribution in [3.63, 3.8) is 0 Å². The maximum Gasteiger partial charge on any atom is 0.311 e. The number of aliphatic carboxylic acids is 1. The number of carbonyl (C=O) groups excluding carboxylic acids is 1. The lowest BCUT2D eigenvalue weighted by Gasteiger charge is -2.31. The second-order valence-corrected chi connectivity index (χ2v) is 6.40. The molecule has 2 N–H and O–H groups in total. The molecule has 1 fully saturated rings. The molecule has 0 aliphatic heterocycles. The predicted octanol–water partition coefficient (Wildman–Crippen LogP) is 3.41. The lowest BCUT2D eigenvalue weighted by molar-refractivity contribution is -0.136. The smallest absolute Gasteiger partial charge is 0.311 e. The first-order chi connectivity index (χ1) is 11.5. The minimum absolute atomic E-state index is 0.207. The van der Waals surface area contributed by atoms with Crippen LogP contribution in [0.25, 0.3) is 0 Å². The van der Waals surface area contributed by atoms with E-state index in [0.29, 0.717) is 11.1 Å². The number of nitrogens with one attached hydrogen (secondary N) is 1. The Balaban J connectivity index is 1.91. The molecular weight excluding hydrogens is 306 g/mol. The highest BCUT2D eigenvalue weighted by Crippen LogP contribution is 2.39. The molecule has 1 aliphatic carbocycles. The molecule has 0 unspecified atom stereocenters. The van der Waals surface area contributed by atoms with Crippen LogP contribution in [0.1, 0.15) is 52.9 Å². The van der Waals surface area contributed by atoms with Gasteiger partial charge in [-0.3, -0.25) is 9.59 Å². The number of amides is 1. The summed E-state index contributed by atoms with van der Waals surface area (Å²) in [7, 11) is 0. The first kappa shape index (κ1) is 16.3. The largest absolute Gasteiger partial charge is 0.481 e. The summed E-state index contributed by atoms with van der Waals surface area (Å²) >= 11 is 0. The van der Waals surface area contributed by atoms with Gasteiger partial charge in [0.1, 0.15) is 12.2 Å². The van der Waals surface area contributed by atoms with Gasteiger partial charge in [-0.15, -0.1) is 0 Å². The quantitative estimate of drug-likeness (QED) is 0.882. The Morgan fingerprint density at radius 2 is 1.88 bits per heavy atom. The molecule has 126 valence electrons. The van der Waals surface area contributed by atoms with Crippen LogP contribution in [0.2, 0.25) is 0 Å². The van der Waals surface area contributed by atoms with Crippen LogP contribution in [0.15, 0.2) is 41.0 Å². The second-order valence-electron chi connectivity index (χ2n) is 6.40. The number of hydrogen-bond donors (Lipinski definition) is 2. The van der Waals surface area contributed by atoms with E-state index in [2.05, 4.69) is 5.32 Å². The lowest BCUT2D eigenvalue weighted by atomic mass is 9.87. The Bertz CT molecular complexity index is 742. The van der Waals surface area contributed by atoms with Gasteiger partial charge in [-0.2, -0.15) is 0 Å². The molecule has 1 amide bonds. The van der Waals surface area contributed by atoms with Gasteiger partial charge >= 0.3 is 5.97 Å². The van der Waals surface area contributed by atoms with E-state index in [9.17, 15) is 9.59 Å². The molecule has 0 atom stereocenters. The van der Waals surface area contributed by atoms with Crippen LogP contribution >= 0.6 is 0 Å². The Morgan fingerprint density at radius 3 is 2.50 bits per heavy atom. The third-order valence-corrected chi connectivity index (χ3v) is 4.73. The molecule has 0 radical (unpaired) electrons. The molecule has 1 heterocycles. The normalized spacial score (nSPS) is 16.0. The monoisotopic (exact) mass is 327 g/mol. The highest BCUT2D eigenvalue weighted by Gasteiger charge is 2.38. The van der Waals surface area contributed by atoms with Gasteiger partial charge in [-0.05, 0) is 25.3 Å². The zero-order valence-corrected chi connectivity index (χ0v) is 13.7. The first-order valence-electron chi connectivity index (χ1n) is 8.19. The van der Waals surface area contributed by atoms with E-state index in [1.165, 1.54) is 6.26 Å². The molecule has 24 heavy (non-hydrogen) atoms. The van der Waals surface area contributed by atoms with Crippen LogP contribution in [0.3, 0.4) is 0 Å². The fraction of sp³-hybridized carbons (Fsp3) is 0.368. The molecule has 0 bridgehead atoms. The first-order valence-corrected chi connectivity index (χ1v) is 8.19. The van der Waals surface area contributed by atoms with Crippen LogP contribution in [-0.2, 0) is 16.8 Å². The molecule has 0 spiro atoms. The third kappa shape index (κ3) is 3.07. The van der Waals surface area contributed by atoms with Gasteiger partial charge in [0.15, 0.2) is 0 Å². The molecular formula is C19H21NO4. The molecule has 1 saturated carbocycles. The van der Waals surface area contributed by atoms with Crippen molar-refractivity contribution < 1.29 is 19.1 Å². The van der Waals surface area contributed by atoms with Gasteiger partial charge in [-0.25, -0.2) is 0 Å². The highest BCUT2D eigenvalue weighted by molar-refractivity contribution is 5.98. The third-order valence-electron chi connectivity index (χ3n) is 4.73. The number of carboxylic acid groups (broad SMARTS) is 1. The van der Waals surface area contributed by atoms with Crippen molar-refractivity contribution in [3.05, 3.63) is 59.0 Å². The van der Waals surface area contributed by atoms with E-state index in [1.54, 1.807) is 6.92 Å². The number of furan rings is 1. The number of carboxylic acids is 1. The fourth-order valence-electron chi connectivity index (χ4n) is 3.57. The van der Waals surface area contributed by atoms with Gasteiger partial charge in [0.25, 0.3) is 5.91 Å². The van der Waals surface area contributed by atoms with Crippen molar-refractivity contribution in [2.24, 2.45) is 0 Å². The van der Waals surface area contributed by atoms with Crippen molar-refractivity contribution in [2.45, 2.75) is 44.6 Å². The highest BCUT2D eigenvalue weighted by atomic mass is 16.4. The second kappa shape index (κ2) is 6.51.